The summed E-state index contributed by atoms with van der Waals surface area (Å²) in [6.07, 6.45) is 1.72. The van der Waals surface area contributed by atoms with E-state index in [1.807, 2.05) is 28.8 Å². The molecule has 0 saturated heterocycles. The molecule has 0 fully saturated rings. The van der Waals surface area contributed by atoms with E-state index in [-0.39, 0.29) is 17.3 Å². The molecule has 0 aliphatic heterocycles. The van der Waals surface area contributed by atoms with Crippen LogP contribution < -0.4 is 5.32 Å². The van der Waals surface area contributed by atoms with Gasteiger partial charge in [-0.25, -0.2) is 0 Å². The van der Waals surface area contributed by atoms with E-state index in [1.165, 1.54) is 36.0 Å². The Hall–Kier alpha value is -3.44. The van der Waals surface area contributed by atoms with Gasteiger partial charge in [0.05, 0.1) is 10.7 Å². The van der Waals surface area contributed by atoms with Gasteiger partial charge in [-0.05, 0) is 36.4 Å². The lowest BCUT2D eigenvalue weighted by Gasteiger charge is -2.07. The number of carbonyl (C=O) groups excluding carboxylic acids is 1. The molecule has 0 spiro atoms. The number of aromatic nitrogens is 3. The fourth-order valence-electron chi connectivity index (χ4n) is 2.99. The zero-order valence-electron chi connectivity index (χ0n) is 16.5. The molecule has 11 heteroatoms. The molecular weight excluding hydrogens is 498 g/mol. The molecule has 0 radical (unpaired) electrons. The molecular formula is C21H16BrN5O4S. The quantitative estimate of drug-likeness (QED) is 0.147. The van der Waals surface area contributed by atoms with Crippen LogP contribution in [0, 0.1) is 10.1 Å². The van der Waals surface area contributed by atoms with Gasteiger partial charge in [-0.1, -0.05) is 33.8 Å². The van der Waals surface area contributed by atoms with E-state index < -0.39 is 4.92 Å². The van der Waals surface area contributed by atoms with Crippen LogP contribution >= 0.6 is 27.7 Å². The third kappa shape index (κ3) is 4.73. The number of nitrogens with one attached hydrogen (secondary N) is 1. The van der Waals surface area contributed by atoms with Gasteiger partial charge >= 0.3 is 0 Å². The zero-order valence-corrected chi connectivity index (χ0v) is 18.9. The van der Waals surface area contributed by atoms with Gasteiger partial charge in [0.1, 0.15) is 5.58 Å². The Morgan fingerprint density at radius 2 is 2.03 bits per heavy atom. The highest BCUT2D eigenvalue weighted by atomic mass is 79.9. The summed E-state index contributed by atoms with van der Waals surface area (Å²) in [6, 6.07) is 13.2. The Morgan fingerprint density at radius 3 is 2.75 bits per heavy atom. The van der Waals surface area contributed by atoms with Gasteiger partial charge < -0.3 is 9.73 Å². The van der Waals surface area contributed by atoms with Crippen LogP contribution in [0.2, 0.25) is 0 Å². The second kappa shape index (κ2) is 9.37. The van der Waals surface area contributed by atoms with Crippen LogP contribution in [0.1, 0.15) is 0 Å². The molecule has 4 rings (SSSR count). The summed E-state index contributed by atoms with van der Waals surface area (Å²) in [6.45, 7) is 4.23. The zero-order chi connectivity index (χ0) is 22.7. The highest BCUT2D eigenvalue weighted by Crippen LogP contribution is 2.31. The lowest BCUT2D eigenvalue weighted by Crippen LogP contribution is -2.14. The van der Waals surface area contributed by atoms with Crippen LogP contribution in [0.3, 0.4) is 0 Å². The van der Waals surface area contributed by atoms with Crippen molar-refractivity contribution >= 4 is 55.9 Å². The first-order chi connectivity index (χ1) is 15.4. The maximum Gasteiger partial charge on any atom is 0.269 e. The van der Waals surface area contributed by atoms with Crippen LogP contribution in [-0.4, -0.2) is 31.3 Å². The number of rotatable bonds is 8. The minimum Gasteiger partial charge on any atom is -0.453 e. The molecule has 0 saturated carbocycles. The molecule has 2 aromatic heterocycles. The summed E-state index contributed by atoms with van der Waals surface area (Å²) in [4.78, 5) is 22.6. The van der Waals surface area contributed by atoms with E-state index in [0.29, 0.717) is 29.0 Å². The van der Waals surface area contributed by atoms with Crippen LogP contribution in [0.4, 0.5) is 11.4 Å². The number of fused-ring (bicyclic) bond motifs is 1. The maximum absolute atomic E-state index is 12.3. The number of halogens is 1. The van der Waals surface area contributed by atoms with Gasteiger partial charge in [0.25, 0.3) is 5.69 Å². The highest BCUT2D eigenvalue weighted by molar-refractivity contribution is 9.10. The summed E-state index contributed by atoms with van der Waals surface area (Å²) >= 11 is 4.67. The van der Waals surface area contributed by atoms with E-state index in [1.54, 1.807) is 6.08 Å². The molecule has 32 heavy (non-hydrogen) atoms. The lowest BCUT2D eigenvalue weighted by molar-refractivity contribution is -0.384. The third-order valence-corrected chi connectivity index (χ3v) is 5.88. The first kappa shape index (κ1) is 21.8. The number of nitro groups is 1. The number of nitro benzene ring substituents is 1. The Labute approximate surface area is 194 Å². The smallest absolute Gasteiger partial charge is 0.269 e. The van der Waals surface area contributed by atoms with Crippen molar-refractivity contribution in [3.63, 3.8) is 0 Å². The van der Waals surface area contributed by atoms with Crippen molar-refractivity contribution in [1.82, 2.24) is 14.8 Å². The molecule has 0 atom stereocenters. The van der Waals surface area contributed by atoms with Crippen molar-refractivity contribution in [3.8, 4) is 11.6 Å². The minimum absolute atomic E-state index is 0.0413. The number of hydrogen-bond donors (Lipinski definition) is 1. The number of nitrogens with zero attached hydrogens (tertiary/aromatic N) is 4. The first-order valence-corrected chi connectivity index (χ1v) is 11.1. The Bertz CT molecular complexity index is 1320. The topological polar surface area (TPSA) is 116 Å². The summed E-state index contributed by atoms with van der Waals surface area (Å²) in [5.41, 5.74) is 1.16. The summed E-state index contributed by atoms with van der Waals surface area (Å²) in [5.74, 6) is 0.913. The molecule has 0 aliphatic carbocycles. The van der Waals surface area contributed by atoms with E-state index in [0.717, 1.165) is 15.4 Å². The third-order valence-electron chi connectivity index (χ3n) is 4.42. The molecule has 2 aromatic carbocycles. The van der Waals surface area contributed by atoms with Gasteiger partial charge in [0.15, 0.2) is 10.9 Å². The largest absolute Gasteiger partial charge is 0.453 e. The van der Waals surface area contributed by atoms with Crippen molar-refractivity contribution in [3.05, 3.63) is 75.8 Å². The fourth-order valence-corrected chi connectivity index (χ4v) is 4.12. The average molecular weight is 514 g/mol. The van der Waals surface area contributed by atoms with E-state index >= 15 is 0 Å². The summed E-state index contributed by atoms with van der Waals surface area (Å²) in [7, 11) is 0. The van der Waals surface area contributed by atoms with Crippen molar-refractivity contribution in [2.24, 2.45) is 0 Å². The van der Waals surface area contributed by atoms with Gasteiger partial charge in [0, 0.05) is 34.2 Å². The number of allylic oxidation sites excluding steroid dienone is 1. The standard InChI is InChI=1S/C21H16BrN5O4S/c1-2-9-26-20(18-11-13-10-14(22)3-8-17(13)31-18)24-25-21(26)32-12-19(28)23-15-4-6-16(7-5-15)27(29)30/h2-8,10-11H,1,9,12H2,(H,23,28). The Balaban J connectivity index is 1.48. The summed E-state index contributed by atoms with van der Waals surface area (Å²) in [5, 5.41) is 23.4. The average Bonchev–Trinajstić information content (AvgIpc) is 3.36. The number of furan rings is 1. The Morgan fingerprint density at radius 1 is 1.25 bits per heavy atom. The molecule has 0 unspecified atom stereocenters. The van der Waals surface area contributed by atoms with Crippen LogP contribution in [0.25, 0.3) is 22.6 Å². The Kier molecular flexibility index (Phi) is 6.37. The molecule has 162 valence electrons. The van der Waals surface area contributed by atoms with Gasteiger partial charge in [0.2, 0.25) is 11.7 Å². The molecule has 0 bridgehead atoms. The van der Waals surface area contributed by atoms with Crippen LogP contribution in [-0.2, 0) is 11.3 Å². The molecule has 9 nitrogen and oxygen atoms in total. The number of benzene rings is 2. The van der Waals surface area contributed by atoms with Crippen molar-refractivity contribution in [2.75, 3.05) is 11.1 Å². The van der Waals surface area contributed by atoms with Gasteiger partial charge in [-0.15, -0.1) is 16.8 Å². The number of non-ortho nitro benzene ring substituents is 1. The predicted molar refractivity (Wildman–Crippen MR) is 126 cm³/mol. The monoisotopic (exact) mass is 513 g/mol. The van der Waals surface area contributed by atoms with Gasteiger partial charge in [-0.2, -0.15) is 0 Å². The number of carbonyl (C=O) groups is 1. The first-order valence-electron chi connectivity index (χ1n) is 9.35. The minimum atomic E-state index is -0.494. The normalized spacial score (nSPS) is 10.9. The predicted octanol–water partition coefficient (Wildman–Crippen LogP) is 5.28. The van der Waals surface area contributed by atoms with E-state index in [9.17, 15) is 14.9 Å². The second-order valence-corrected chi connectivity index (χ2v) is 8.50. The van der Waals surface area contributed by atoms with Crippen LogP contribution in [0.5, 0.6) is 0 Å². The highest BCUT2D eigenvalue weighted by Gasteiger charge is 2.18. The van der Waals surface area contributed by atoms with Gasteiger partial charge in [-0.3, -0.25) is 19.5 Å². The molecule has 4 aromatic rings. The molecule has 1 amide bonds. The second-order valence-electron chi connectivity index (χ2n) is 6.64. The maximum atomic E-state index is 12.3. The van der Waals surface area contributed by atoms with Crippen molar-refractivity contribution in [1.29, 1.82) is 0 Å². The SMILES string of the molecule is C=CCn1c(SCC(=O)Nc2ccc([N+](=O)[O-])cc2)nnc1-c1cc2cc(Br)ccc2o1. The van der Waals surface area contributed by atoms with Crippen molar-refractivity contribution in [2.45, 2.75) is 11.7 Å². The number of amides is 1. The number of anilines is 1. The number of hydrogen-bond acceptors (Lipinski definition) is 7. The molecule has 0 aliphatic rings. The fraction of sp³-hybridized carbons (Fsp3) is 0.0952. The van der Waals surface area contributed by atoms with E-state index in [4.69, 9.17) is 4.42 Å². The summed E-state index contributed by atoms with van der Waals surface area (Å²) < 4.78 is 8.69. The number of thioether (sulfide) groups is 1. The van der Waals surface area contributed by atoms with Crippen LogP contribution in [0.15, 0.2) is 75.2 Å². The lowest BCUT2D eigenvalue weighted by atomic mass is 10.2. The van der Waals surface area contributed by atoms with Crippen molar-refractivity contribution < 1.29 is 14.1 Å². The molecule has 1 N–H and O–H groups in total. The molecule has 2 heterocycles. The van der Waals surface area contributed by atoms with E-state index in [2.05, 4.69) is 38.0 Å².